The van der Waals surface area contributed by atoms with E-state index >= 15 is 0 Å². The van der Waals surface area contributed by atoms with Crippen LogP contribution in [0.5, 0.6) is 0 Å². The maximum atomic E-state index is 13.2. The number of aromatic amines is 1. The van der Waals surface area contributed by atoms with Crippen LogP contribution in [-0.2, 0) is 4.79 Å². The van der Waals surface area contributed by atoms with Crippen LogP contribution in [0.1, 0.15) is 68.3 Å². The second-order valence-electron chi connectivity index (χ2n) is 8.02. The number of carbonyl (C=O) groups is 2. The Balaban J connectivity index is 0.000000383. The minimum Gasteiger partial charge on any atom is -0.475 e. The smallest absolute Gasteiger partial charge is 0.475 e. The number of anilines is 1. The van der Waals surface area contributed by atoms with Gasteiger partial charge in [0.2, 0.25) is 5.95 Å². The molecule has 12 heteroatoms. The van der Waals surface area contributed by atoms with Crippen molar-refractivity contribution in [1.29, 1.82) is 0 Å². The first kappa shape index (κ1) is 24.5. The van der Waals surface area contributed by atoms with Gasteiger partial charge in [0.1, 0.15) is 11.6 Å². The van der Waals surface area contributed by atoms with Crippen molar-refractivity contribution in [3.05, 3.63) is 41.5 Å². The number of carbonyl (C=O) groups excluding carboxylic acids is 1. The summed E-state index contributed by atoms with van der Waals surface area (Å²) in [4.78, 5) is 27.9. The zero-order valence-corrected chi connectivity index (χ0v) is 17.7. The lowest BCUT2D eigenvalue weighted by atomic mass is 9.89. The van der Waals surface area contributed by atoms with E-state index in [1.54, 1.807) is 17.0 Å². The number of rotatable bonds is 3. The van der Waals surface area contributed by atoms with Gasteiger partial charge in [0, 0.05) is 12.5 Å². The molecule has 1 atom stereocenters. The van der Waals surface area contributed by atoms with Gasteiger partial charge in [-0.15, -0.1) is 5.10 Å². The molecule has 0 bridgehead atoms. The third-order valence-corrected chi connectivity index (χ3v) is 5.72. The molecule has 180 valence electrons. The molecule has 2 aliphatic rings. The molecule has 1 aliphatic carbocycles. The Kier molecular flexibility index (Phi) is 7.88. The van der Waals surface area contributed by atoms with E-state index in [0.29, 0.717) is 18.4 Å². The Morgan fingerprint density at radius 2 is 1.70 bits per heavy atom. The molecule has 33 heavy (non-hydrogen) atoms. The number of H-pyrrole nitrogens is 1. The van der Waals surface area contributed by atoms with E-state index in [4.69, 9.17) is 9.90 Å². The molecule has 1 unspecified atom stereocenters. The SMILES string of the molecule is O=C(Nc1n[nH]c(C2CCCCC2)n1)N1CCCC1c1ccc(F)cc1.O=C(O)C(F)(F)F. The van der Waals surface area contributed by atoms with Gasteiger partial charge in [-0.25, -0.2) is 14.0 Å². The van der Waals surface area contributed by atoms with Gasteiger partial charge < -0.3 is 10.0 Å². The van der Waals surface area contributed by atoms with E-state index in [0.717, 1.165) is 37.1 Å². The Morgan fingerprint density at radius 3 is 2.30 bits per heavy atom. The number of nitrogens with one attached hydrogen (secondary N) is 2. The minimum atomic E-state index is -5.08. The van der Waals surface area contributed by atoms with Crippen LogP contribution < -0.4 is 5.32 Å². The molecule has 3 N–H and O–H groups in total. The lowest BCUT2D eigenvalue weighted by Crippen LogP contribution is -2.34. The summed E-state index contributed by atoms with van der Waals surface area (Å²) in [7, 11) is 0. The number of aliphatic carboxylic acids is 1. The van der Waals surface area contributed by atoms with Gasteiger partial charge >= 0.3 is 18.2 Å². The highest BCUT2D eigenvalue weighted by atomic mass is 19.4. The first-order valence-electron chi connectivity index (χ1n) is 10.7. The molecule has 4 rings (SSSR count). The highest BCUT2D eigenvalue weighted by molar-refractivity contribution is 5.88. The van der Waals surface area contributed by atoms with Crippen LogP contribution in [-0.4, -0.2) is 49.9 Å². The van der Waals surface area contributed by atoms with Gasteiger partial charge in [-0.2, -0.15) is 18.2 Å². The highest BCUT2D eigenvalue weighted by Gasteiger charge is 2.38. The van der Waals surface area contributed by atoms with E-state index in [9.17, 15) is 22.4 Å². The predicted octanol–water partition coefficient (Wildman–Crippen LogP) is 4.99. The summed E-state index contributed by atoms with van der Waals surface area (Å²) >= 11 is 0. The second kappa shape index (κ2) is 10.6. The largest absolute Gasteiger partial charge is 0.490 e. The molecule has 8 nitrogen and oxygen atoms in total. The van der Waals surface area contributed by atoms with Gasteiger partial charge in [-0.05, 0) is 43.4 Å². The van der Waals surface area contributed by atoms with Crippen LogP contribution in [0.4, 0.5) is 28.3 Å². The summed E-state index contributed by atoms with van der Waals surface area (Å²) in [5, 5.41) is 17.1. The Hall–Kier alpha value is -3.18. The van der Waals surface area contributed by atoms with E-state index < -0.39 is 12.1 Å². The van der Waals surface area contributed by atoms with Crippen LogP contribution in [0.3, 0.4) is 0 Å². The lowest BCUT2D eigenvalue weighted by Gasteiger charge is -2.24. The number of hydrogen-bond donors (Lipinski definition) is 3. The number of aromatic nitrogens is 3. The summed E-state index contributed by atoms with van der Waals surface area (Å²) in [6.45, 7) is 0.674. The number of halogens is 4. The van der Waals surface area contributed by atoms with Crippen molar-refractivity contribution in [3.8, 4) is 0 Å². The van der Waals surface area contributed by atoms with Gasteiger partial charge in [0.15, 0.2) is 0 Å². The molecule has 2 aromatic rings. The third-order valence-electron chi connectivity index (χ3n) is 5.72. The van der Waals surface area contributed by atoms with Gasteiger partial charge in [0.05, 0.1) is 6.04 Å². The Bertz CT molecular complexity index is 942. The third kappa shape index (κ3) is 6.65. The van der Waals surface area contributed by atoms with Crippen molar-refractivity contribution in [3.63, 3.8) is 0 Å². The first-order chi connectivity index (χ1) is 15.6. The standard InChI is InChI=1S/C19H24FN5O.C2HF3O2/c20-15-10-8-13(9-11-15)16-7-4-12-25(16)19(26)22-18-21-17(23-24-18)14-5-2-1-3-6-14;3-2(4,5)1(6)7/h8-11,14,16H,1-7,12H2,(H2,21,22,23,24,26);(H,6,7). The van der Waals surface area contributed by atoms with Crippen LogP contribution in [0.15, 0.2) is 24.3 Å². The molecule has 2 heterocycles. The molecule has 1 aliphatic heterocycles. The zero-order chi connectivity index (χ0) is 24.0. The molecule has 1 saturated carbocycles. The first-order valence-corrected chi connectivity index (χ1v) is 10.7. The van der Waals surface area contributed by atoms with Crippen molar-refractivity contribution < 1.29 is 32.3 Å². The van der Waals surface area contributed by atoms with Crippen molar-refractivity contribution in [2.75, 3.05) is 11.9 Å². The van der Waals surface area contributed by atoms with Gasteiger partial charge in [0.25, 0.3) is 0 Å². The summed E-state index contributed by atoms with van der Waals surface area (Å²) < 4.78 is 44.9. The number of carboxylic acids is 1. The van der Waals surface area contributed by atoms with Crippen molar-refractivity contribution in [2.45, 2.75) is 63.1 Å². The van der Waals surface area contributed by atoms with Crippen molar-refractivity contribution >= 4 is 17.9 Å². The summed E-state index contributed by atoms with van der Waals surface area (Å²) in [5.74, 6) is -1.40. The number of amides is 2. The fourth-order valence-electron chi connectivity index (χ4n) is 4.10. The molecule has 0 spiro atoms. The van der Waals surface area contributed by atoms with E-state index in [1.165, 1.54) is 31.4 Å². The number of benzene rings is 1. The monoisotopic (exact) mass is 471 g/mol. The number of urea groups is 1. The number of alkyl halides is 3. The Morgan fingerprint density at radius 1 is 1.06 bits per heavy atom. The normalized spacial score (nSPS) is 19.0. The fourth-order valence-corrected chi connectivity index (χ4v) is 4.10. The molecule has 1 aromatic carbocycles. The molecular weight excluding hydrogens is 446 g/mol. The van der Waals surface area contributed by atoms with Crippen molar-refractivity contribution in [2.24, 2.45) is 0 Å². The Labute approximate surface area is 187 Å². The van der Waals surface area contributed by atoms with Crippen LogP contribution in [0.2, 0.25) is 0 Å². The van der Waals surface area contributed by atoms with Crippen LogP contribution in [0, 0.1) is 5.82 Å². The molecule has 0 radical (unpaired) electrons. The predicted molar refractivity (Wildman–Crippen MR) is 110 cm³/mol. The summed E-state index contributed by atoms with van der Waals surface area (Å²) in [5.41, 5.74) is 0.955. The summed E-state index contributed by atoms with van der Waals surface area (Å²) in [6.07, 6.45) is 2.70. The minimum absolute atomic E-state index is 0.0349. The summed E-state index contributed by atoms with van der Waals surface area (Å²) in [6, 6.07) is 6.14. The fraction of sp³-hybridized carbons (Fsp3) is 0.524. The second-order valence-corrected chi connectivity index (χ2v) is 8.02. The molecule has 1 aromatic heterocycles. The van der Waals surface area contributed by atoms with E-state index in [-0.39, 0.29) is 17.9 Å². The molecule has 2 amide bonds. The molecular formula is C21H25F4N5O3. The maximum absolute atomic E-state index is 13.2. The van der Waals surface area contributed by atoms with Crippen LogP contribution in [0.25, 0.3) is 0 Å². The number of carboxylic acid groups (broad SMARTS) is 1. The quantitative estimate of drug-likeness (QED) is 0.546. The molecule has 1 saturated heterocycles. The molecule has 2 fully saturated rings. The topological polar surface area (TPSA) is 111 Å². The maximum Gasteiger partial charge on any atom is 0.490 e. The van der Waals surface area contributed by atoms with Gasteiger partial charge in [-0.1, -0.05) is 31.4 Å². The average Bonchev–Trinajstić information content (AvgIpc) is 3.45. The number of nitrogens with zero attached hydrogens (tertiary/aromatic N) is 3. The average molecular weight is 471 g/mol. The number of likely N-dealkylation sites (tertiary alicyclic amines) is 1. The highest BCUT2D eigenvalue weighted by Crippen LogP contribution is 2.33. The van der Waals surface area contributed by atoms with E-state index in [2.05, 4.69) is 20.5 Å². The lowest BCUT2D eigenvalue weighted by molar-refractivity contribution is -0.192. The zero-order valence-electron chi connectivity index (χ0n) is 17.7. The van der Waals surface area contributed by atoms with Gasteiger partial charge in [-0.3, -0.25) is 10.4 Å². The van der Waals surface area contributed by atoms with Crippen molar-refractivity contribution in [1.82, 2.24) is 20.1 Å². The van der Waals surface area contributed by atoms with E-state index in [1.807, 2.05) is 0 Å². The number of hydrogen-bond acceptors (Lipinski definition) is 4. The van der Waals surface area contributed by atoms with Crippen LogP contribution >= 0.6 is 0 Å².